The maximum absolute atomic E-state index is 12.5. The smallest absolute Gasteiger partial charge is 0.231 e. The topological polar surface area (TPSA) is 84.0 Å². The molecular formula is C26H44N4O2. The Morgan fingerprint density at radius 2 is 1.22 bits per heavy atom. The van der Waals surface area contributed by atoms with Crippen LogP contribution in [-0.4, -0.2) is 21.8 Å². The Morgan fingerprint density at radius 3 is 1.84 bits per heavy atom. The Balaban J connectivity index is 1.87. The Hall–Kier alpha value is -1.98. The van der Waals surface area contributed by atoms with Gasteiger partial charge in [0.05, 0.1) is 5.69 Å². The highest BCUT2D eigenvalue weighted by atomic mass is 16.2. The average molecular weight is 445 g/mol. The van der Waals surface area contributed by atoms with Crippen molar-refractivity contribution in [1.29, 1.82) is 0 Å². The Bertz CT molecular complexity index is 705. The van der Waals surface area contributed by atoms with Crippen molar-refractivity contribution < 1.29 is 9.59 Å². The van der Waals surface area contributed by atoms with Gasteiger partial charge >= 0.3 is 0 Å². The van der Waals surface area contributed by atoms with E-state index in [0.717, 1.165) is 62.6 Å². The maximum atomic E-state index is 12.5. The number of rotatable bonds is 16. The number of nitrogens with one attached hydrogen (secondary N) is 2. The number of aryl methyl sites for hydroxylation is 1. The molecule has 180 valence electrons. The van der Waals surface area contributed by atoms with Crippen molar-refractivity contribution in [3.8, 4) is 0 Å². The van der Waals surface area contributed by atoms with E-state index in [2.05, 4.69) is 34.4 Å². The molecule has 2 rings (SSSR count). The summed E-state index contributed by atoms with van der Waals surface area (Å²) in [5.41, 5.74) is 2.01. The van der Waals surface area contributed by atoms with E-state index in [1.165, 1.54) is 51.4 Å². The van der Waals surface area contributed by atoms with Gasteiger partial charge in [-0.1, -0.05) is 78.1 Å². The molecule has 2 amide bonds. The van der Waals surface area contributed by atoms with Gasteiger partial charge in [0.15, 0.2) is 0 Å². The summed E-state index contributed by atoms with van der Waals surface area (Å²) >= 11 is 0. The van der Waals surface area contributed by atoms with Crippen LogP contribution in [-0.2, 0) is 22.4 Å². The molecule has 0 aliphatic heterocycles. The van der Waals surface area contributed by atoms with Crippen molar-refractivity contribution in [2.75, 3.05) is 10.6 Å². The van der Waals surface area contributed by atoms with Crippen molar-refractivity contribution >= 4 is 23.6 Å². The number of amides is 2. The summed E-state index contributed by atoms with van der Waals surface area (Å²) in [6.45, 7) is 4.42. The van der Waals surface area contributed by atoms with Crippen LogP contribution in [0.4, 0.5) is 11.8 Å². The van der Waals surface area contributed by atoms with Crippen molar-refractivity contribution in [2.24, 2.45) is 0 Å². The van der Waals surface area contributed by atoms with E-state index in [1.54, 1.807) is 0 Å². The molecule has 1 heterocycles. The van der Waals surface area contributed by atoms with E-state index in [0.29, 0.717) is 24.6 Å². The van der Waals surface area contributed by atoms with Gasteiger partial charge < -0.3 is 5.32 Å². The standard InChI is InChI=1S/C26H44N4O2/c1-3-5-7-9-11-13-19-23(31)28-25-21-17-15-16-18-22(21)27-26(30-25)29-24(32)20-14-12-10-8-6-4-2/h3-20H2,1-2H3,(H2,27,28,29,30,31,32). The fraction of sp³-hybridized carbons (Fsp3) is 0.769. The van der Waals surface area contributed by atoms with E-state index < -0.39 is 0 Å². The van der Waals surface area contributed by atoms with Gasteiger partial charge in [-0.05, 0) is 38.5 Å². The van der Waals surface area contributed by atoms with Crippen molar-refractivity contribution in [1.82, 2.24) is 9.97 Å². The number of nitrogens with zero attached hydrogens (tertiary/aromatic N) is 2. The van der Waals surface area contributed by atoms with Crippen LogP contribution in [0, 0.1) is 0 Å². The molecule has 0 aromatic carbocycles. The van der Waals surface area contributed by atoms with Gasteiger partial charge in [-0.15, -0.1) is 0 Å². The van der Waals surface area contributed by atoms with Crippen LogP contribution < -0.4 is 10.6 Å². The highest BCUT2D eigenvalue weighted by molar-refractivity contribution is 5.92. The number of aromatic nitrogens is 2. The minimum atomic E-state index is -0.0411. The predicted octanol–water partition coefficient (Wildman–Crippen LogP) is 6.73. The van der Waals surface area contributed by atoms with E-state index in [1.807, 2.05) is 0 Å². The van der Waals surface area contributed by atoms with Crippen molar-refractivity contribution in [3.63, 3.8) is 0 Å². The number of carbonyl (C=O) groups is 2. The minimum Gasteiger partial charge on any atom is -0.310 e. The molecule has 0 bridgehead atoms. The highest BCUT2D eigenvalue weighted by Crippen LogP contribution is 2.27. The summed E-state index contributed by atoms with van der Waals surface area (Å²) < 4.78 is 0. The van der Waals surface area contributed by atoms with Crippen LogP contribution >= 0.6 is 0 Å². The van der Waals surface area contributed by atoms with Gasteiger partial charge in [0.1, 0.15) is 5.82 Å². The number of anilines is 2. The molecule has 32 heavy (non-hydrogen) atoms. The summed E-state index contributed by atoms with van der Waals surface area (Å²) in [6.07, 6.45) is 18.8. The fourth-order valence-corrected chi connectivity index (χ4v) is 4.27. The molecule has 1 aromatic heterocycles. The molecule has 0 fully saturated rings. The number of hydrogen-bond donors (Lipinski definition) is 2. The number of fused-ring (bicyclic) bond motifs is 1. The lowest BCUT2D eigenvalue weighted by Gasteiger charge is -2.19. The maximum Gasteiger partial charge on any atom is 0.231 e. The van der Waals surface area contributed by atoms with E-state index in [4.69, 9.17) is 0 Å². The van der Waals surface area contributed by atoms with Gasteiger partial charge in [0, 0.05) is 18.4 Å². The lowest BCUT2D eigenvalue weighted by Crippen LogP contribution is -2.21. The third kappa shape index (κ3) is 10.1. The van der Waals surface area contributed by atoms with Gasteiger partial charge in [-0.3, -0.25) is 14.9 Å². The van der Waals surface area contributed by atoms with Gasteiger partial charge in [-0.2, -0.15) is 4.98 Å². The van der Waals surface area contributed by atoms with Gasteiger partial charge in [-0.25, -0.2) is 4.98 Å². The molecule has 1 aromatic rings. The lowest BCUT2D eigenvalue weighted by molar-refractivity contribution is -0.117. The van der Waals surface area contributed by atoms with Gasteiger partial charge in [0.25, 0.3) is 0 Å². The van der Waals surface area contributed by atoms with E-state index >= 15 is 0 Å². The third-order valence-electron chi connectivity index (χ3n) is 6.21. The first kappa shape index (κ1) is 26.3. The number of unbranched alkanes of at least 4 members (excludes halogenated alkanes) is 10. The summed E-state index contributed by atoms with van der Waals surface area (Å²) in [6, 6.07) is 0. The zero-order valence-corrected chi connectivity index (χ0v) is 20.4. The summed E-state index contributed by atoms with van der Waals surface area (Å²) in [4.78, 5) is 34.0. The van der Waals surface area contributed by atoms with Crippen LogP contribution in [0.2, 0.25) is 0 Å². The van der Waals surface area contributed by atoms with Crippen molar-refractivity contribution in [3.05, 3.63) is 11.3 Å². The van der Waals surface area contributed by atoms with Crippen LogP contribution in [0.15, 0.2) is 0 Å². The zero-order chi connectivity index (χ0) is 23.0. The largest absolute Gasteiger partial charge is 0.310 e. The molecule has 1 aliphatic carbocycles. The molecule has 0 saturated carbocycles. The Morgan fingerprint density at radius 1 is 0.688 bits per heavy atom. The molecule has 0 saturated heterocycles. The third-order valence-corrected chi connectivity index (χ3v) is 6.21. The average Bonchev–Trinajstić information content (AvgIpc) is 2.78. The summed E-state index contributed by atoms with van der Waals surface area (Å²) in [5, 5.41) is 5.88. The normalized spacial score (nSPS) is 12.9. The molecule has 0 unspecified atom stereocenters. The first-order valence-electron chi connectivity index (χ1n) is 13.1. The van der Waals surface area contributed by atoms with Crippen LogP contribution in [0.3, 0.4) is 0 Å². The van der Waals surface area contributed by atoms with E-state index in [-0.39, 0.29) is 11.8 Å². The van der Waals surface area contributed by atoms with Crippen molar-refractivity contribution in [2.45, 2.75) is 129 Å². The van der Waals surface area contributed by atoms with Gasteiger partial charge in [0.2, 0.25) is 17.8 Å². The first-order chi connectivity index (χ1) is 15.6. The molecule has 0 radical (unpaired) electrons. The number of carbonyl (C=O) groups excluding carboxylic acids is 2. The van der Waals surface area contributed by atoms with Crippen LogP contribution in [0.1, 0.15) is 128 Å². The fourth-order valence-electron chi connectivity index (χ4n) is 4.27. The SMILES string of the molecule is CCCCCCCCC(=O)Nc1nc2c(c(NC(=O)CCCCCCCC)n1)CCCC2. The van der Waals surface area contributed by atoms with E-state index in [9.17, 15) is 9.59 Å². The quantitative estimate of drug-likeness (QED) is 0.277. The Kier molecular flexibility index (Phi) is 12.9. The molecule has 0 atom stereocenters. The second kappa shape index (κ2) is 15.8. The number of hydrogen-bond acceptors (Lipinski definition) is 4. The molecule has 2 N–H and O–H groups in total. The lowest BCUT2D eigenvalue weighted by atomic mass is 9.96. The van der Waals surface area contributed by atoms with Crippen LogP contribution in [0.25, 0.3) is 0 Å². The molecule has 0 spiro atoms. The second-order valence-corrected chi connectivity index (χ2v) is 9.16. The molecular weight excluding hydrogens is 400 g/mol. The molecule has 1 aliphatic rings. The first-order valence-corrected chi connectivity index (χ1v) is 13.1. The summed E-state index contributed by atoms with van der Waals surface area (Å²) in [7, 11) is 0. The molecule has 6 heteroatoms. The predicted molar refractivity (Wildman–Crippen MR) is 132 cm³/mol. The minimum absolute atomic E-state index is 0.0105. The highest BCUT2D eigenvalue weighted by Gasteiger charge is 2.20. The zero-order valence-electron chi connectivity index (χ0n) is 20.4. The van der Waals surface area contributed by atoms with Crippen LogP contribution in [0.5, 0.6) is 0 Å². The molecule has 6 nitrogen and oxygen atoms in total. The second-order valence-electron chi connectivity index (χ2n) is 9.16. The Labute approximate surface area is 194 Å². The monoisotopic (exact) mass is 444 g/mol. The summed E-state index contributed by atoms with van der Waals surface area (Å²) in [5.74, 6) is 0.897.